The van der Waals surface area contributed by atoms with Crippen molar-refractivity contribution in [3.8, 4) is 0 Å². The summed E-state index contributed by atoms with van der Waals surface area (Å²) >= 11 is 0. The summed E-state index contributed by atoms with van der Waals surface area (Å²) in [5.74, 6) is -1.18. The zero-order valence-corrected chi connectivity index (χ0v) is 28.8. The van der Waals surface area contributed by atoms with Gasteiger partial charge < -0.3 is 26.6 Å². The van der Waals surface area contributed by atoms with Gasteiger partial charge in [-0.3, -0.25) is 19.2 Å². The number of primary amides is 1. The van der Waals surface area contributed by atoms with Crippen LogP contribution >= 0.6 is 0 Å². The average molecular weight is 650 g/mol. The van der Waals surface area contributed by atoms with Crippen molar-refractivity contribution in [2.24, 2.45) is 40.7 Å². The second kappa shape index (κ2) is 14.0. The first-order valence-electron chi connectivity index (χ1n) is 17.7. The van der Waals surface area contributed by atoms with Crippen LogP contribution in [0.2, 0.25) is 0 Å². The number of nitrogens with two attached hydrogens (primary N) is 1. The molecule has 47 heavy (non-hydrogen) atoms. The predicted molar refractivity (Wildman–Crippen MR) is 180 cm³/mol. The molecule has 2 bridgehead atoms. The van der Waals surface area contributed by atoms with E-state index in [1.54, 1.807) is 4.90 Å². The molecule has 1 aliphatic heterocycles. The fourth-order valence-electron chi connectivity index (χ4n) is 8.38. The number of likely N-dealkylation sites (tertiary alicyclic amines) is 1. The van der Waals surface area contributed by atoms with Gasteiger partial charge in [0.2, 0.25) is 17.6 Å². The number of nitrogens with zero attached hydrogens (tertiary/aromatic N) is 1. The quantitative estimate of drug-likeness (QED) is 0.252. The molecule has 5 amide bonds. The van der Waals surface area contributed by atoms with Crippen molar-refractivity contribution in [3.63, 3.8) is 0 Å². The molecule has 1 heterocycles. The molecular weight excluding hydrogens is 594 g/mol. The number of nitrogens with one attached hydrogen (secondary N) is 3. The maximum Gasteiger partial charge on any atom is 0.315 e. The van der Waals surface area contributed by atoms with Crippen LogP contribution in [0.4, 0.5) is 4.79 Å². The highest BCUT2D eigenvalue weighted by Gasteiger charge is 2.50. The van der Waals surface area contributed by atoms with Crippen molar-refractivity contribution < 1.29 is 24.0 Å². The molecule has 6 rings (SSSR count). The molecule has 5 atom stereocenters. The van der Waals surface area contributed by atoms with E-state index in [1.165, 1.54) is 18.4 Å². The topological polar surface area (TPSA) is 151 Å². The fourth-order valence-corrected chi connectivity index (χ4v) is 8.38. The summed E-state index contributed by atoms with van der Waals surface area (Å²) in [6, 6.07) is 7.20. The smallest absolute Gasteiger partial charge is 0.315 e. The van der Waals surface area contributed by atoms with Gasteiger partial charge in [0.25, 0.3) is 5.91 Å². The second-order valence-corrected chi connectivity index (χ2v) is 16.4. The Kier molecular flexibility index (Phi) is 10.4. The lowest BCUT2D eigenvalue weighted by atomic mass is 9.58. The highest BCUT2D eigenvalue weighted by atomic mass is 16.2. The number of carbonyl (C=O) groups excluding carboxylic acids is 5. The third kappa shape index (κ3) is 8.18. The van der Waals surface area contributed by atoms with E-state index in [0.29, 0.717) is 31.2 Å². The van der Waals surface area contributed by atoms with Crippen LogP contribution < -0.4 is 21.7 Å². The van der Waals surface area contributed by atoms with Gasteiger partial charge in [-0.15, -0.1) is 0 Å². The lowest BCUT2D eigenvalue weighted by Crippen LogP contribution is -2.65. The Balaban J connectivity index is 1.35. The standard InChI is InChI=1S/C37H55N5O5/c1-22(2)26-18-29(33(45)39-28(17-23-11-12-23)30(43)32(38)44)42(21-26)34(46)31(36(3,4)5)40-35(47)41-37(19-24-9-7-6-8-10-24)20-25-13-15-27(37)16-14-25/h6-10,22-23,25-29,31H,11-21H2,1-5H3,(H2,38,44)(H,39,45)(H2,40,41,47)/t25?,26-,27?,28?,29+,31-,37?/m1/s1. The van der Waals surface area contributed by atoms with Crippen LogP contribution in [0, 0.1) is 35.0 Å². The predicted octanol–water partition coefficient (Wildman–Crippen LogP) is 4.10. The number of fused-ring (bicyclic) bond motifs is 3. The number of hydrogen-bond donors (Lipinski definition) is 4. The Bertz CT molecular complexity index is 1330. The van der Waals surface area contributed by atoms with E-state index in [1.807, 2.05) is 39.0 Å². The van der Waals surface area contributed by atoms with Gasteiger partial charge in [-0.05, 0) is 79.1 Å². The third-order valence-corrected chi connectivity index (χ3v) is 11.4. The normalized spacial score (nSPS) is 28.4. The first-order valence-corrected chi connectivity index (χ1v) is 17.7. The van der Waals surface area contributed by atoms with Gasteiger partial charge in [-0.1, -0.05) is 90.6 Å². The van der Waals surface area contributed by atoms with Crippen molar-refractivity contribution in [2.75, 3.05) is 6.54 Å². The minimum Gasteiger partial charge on any atom is -0.363 e. The molecule has 10 nitrogen and oxygen atoms in total. The Morgan fingerprint density at radius 2 is 1.62 bits per heavy atom. The van der Waals surface area contributed by atoms with Crippen LogP contribution in [0.15, 0.2) is 30.3 Å². The summed E-state index contributed by atoms with van der Waals surface area (Å²) < 4.78 is 0. The molecule has 4 saturated carbocycles. The number of hydrogen-bond acceptors (Lipinski definition) is 5. The number of carbonyl (C=O) groups is 5. The molecule has 0 aromatic heterocycles. The molecule has 1 aromatic carbocycles. The summed E-state index contributed by atoms with van der Waals surface area (Å²) in [5.41, 5.74) is 5.47. The molecule has 258 valence electrons. The third-order valence-electron chi connectivity index (χ3n) is 11.4. The maximum absolute atomic E-state index is 14.5. The maximum atomic E-state index is 14.5. The Morgan fingerprint density at radius 1 is 0.957 bits per heavy atom. The van der Waals surface area contributed by atoms with Crippen LogP contribution in [0.1, 0.15) is 98.0 Å². The van der Waals surface area contributed by atoms with Crippen molar-refractivity contribution in [3.05, 3.63) is 35.9 Å². The van der Waals surface area contributed by atoms with E-state index in [0.717, 1.165) is 38.5 Å². The molecule has 5 N–H and O–H groups in total. The lowest BCUT2D eigenvalue weighted by Gasteiger charge is -2.52. The largest absolute Gasteiger partial charge is 0.363 e. The Morgan fingerprint density at radius 3 is 2.15 bits per heavy atom. The van der Waals surface area contributed by atoms with Gasteiger partial charge in [0.15, 0.2) is 0 Å². The van der Waals surface area contributed by atoms with Gasteiger partial charge in [0, 0.05) is 12.1 Å². The molecule has 0 spiro atoms. The van der Waals surface area contributed by atoms with Crippen molar-refractivity contribution in [1.29, 1.82) is 0 Å². The molecule has 2 unspecified atom stereocenters. The number of amides is 5. The highest BCUT2D eigenvalue weighted by Crippen LogP contribution is 2.49. The summed E-state index contributed by atoms with van der Waals surface area (Å²) in [6.07, 6.45) is 8.89. The molecule has 0 radical (unpaired) electrons. The van der Waals surface area contributed by atoms with E-state index in [4.69, 9.17) is 5.73 Å². The van der Waals surface area contributed by atoms with Crippen LogP contribution in [0.3, 0.4) is 0 Å². The van der Waals surface area contributed by atoms with Crippen LogP contribution in [0.25, 0.3) is 0 Å². The molecule has 5 aliphatic rings. The number of urea groups is 1. The monoisotopic (exact) mass is 649 g/mol. The SMILES string of the molecule is CC(C)[C@@H]1C[C@@H](C(=O)NC(CC2CC2)C(=O)C(N)=O)N(C(=O)[C@@H](NC(=O)NC2(Cc3ccccc3)CC3CCC2CC3)C(C)(C)C)C1. The molecule has 1 saturated heterocycles. The van der Waals surface area contributed by atoms with Gasteiger partial charge in [-0.25, -0.2) is 4.79 Å². The van der Waals surface area contributed by atoms with E-state index in [9.17, 15) is 24.0 Å². The molecular formula is C37H55N5O5. The summed E-state index contributed by atoms with van der Waals surface area (Å²) in [6.45, 7) is 10.2. The first kappa shape index (κ1) is 34.9. The molecule has 5 fully saturated rings. The van der Waals surface area contributed by atoms with Gasteiger partial charge in [0.05, 0.1) is 6.04 Å². The number of benzene rings is 1. The average Bonchev–Trinajstić information content (AvgIpc) is 3.72. The Hall–Kier alpha value is -3.43. The number of Topliss-reactive ketones (excluding diaryl/α,β-unsaturated/α-hetero) is 1. The van der Waals surface area contributed by atoms with Gasteiger partial charge >= 0.3 is 6.03 Å². The zero-order chi connectivity index (χ0) is 34.1. The van der Waals surface area contributed by atoms with Gasteiger partial charge in [0.1, 0.15) is 12.1 Å². The summed E-state index contributed by atoms with van der Waals surface area (Å²) in [7, 11) is 0. The van der Waals surface area contributed by atoms with Crippen LogP contribution in [-0.2, 0) is 25.6 Å². The minimum atomic E-state index is -1.07. The lowest BCUT2D eigenvalue weighted by molar-refractivity contribution is -0.143. The second-order valence-electron chi connectivity index (χ2n) is 16.4. The fraction of sp³-hybridized carbons (Fsp3) is 0.703. The Labute approximate surface area is 279 Å². The molecule has 10 heteroatoms. The van der Waals surface area contributed by atoms with E-state index >= 15 is 0 Å². The van der Waals surface area contributed by atoms with Gasteiger partial charge in [-0.2, -0.15) is 0 Å². The minimum absolute atomic E-state index is 0.0600. The number of rotatable bonds is 12. The van der Waals surface area contributed by atoms with Crippen molar-refractivity contribution in [1.82, 2.24) is 20.9 Å². The van der Waals surface area contributed by atoms with E-state index < -0.39 is 41.1 Å². The van der Waals surface area contributed by atoms with E-state index in [2.05, 4.69) is 41.9 Å². The van der Waals surface area contributed by atoms with Crippen molar-refractivity contribution in [2.45, 2.75) is 122 Å². The van der Waals surface area contributed by atoms with Crippen LogP contribution in [0.5, 0.6) is 0 Å². The highest BCUT2D eigenvalue weighted by molar-refractivity contribution is 6.37. The summed E-state index contributed by atoms with van der Waals surface area (Å²) in [5, 5.41) is 9.28. The van der Waals surface area contributed by atoms with Crippen molar-refractivity contribution >= 4 is 29.5 Å². The van der Waals surface area contributed by atoms with E-state index in [-0.39, 0.29) is 35.2 Å². The summed E-state index contributed by atoms with van der Waals surface area (Å²) in [4.78, 5) is 68.3. The number of ketones is 1. The zero-order valence-electron chi connectivity index (χ0n) is 28.8. The first-order chi connectivity index (χ1) is 22.2. The molecule has 4 aliphatic carbocycles. The van der Waals surface area contributed by atoms with Crippen LogP contribution in [-0.4, -0.2) is 64.6 Å². The molecule has 1 aromatic rings.